The lowest BCUT2D eigenvalue weighted by atomic mass is 9.87. The first kappa shape index (κ1) is 32.6. The Morgan fingerprint density at radius 2 is 1.59 bits per heavy atom. The van der Waals surface area contributed by atoms with Crippen LogP contribution in [-0.2, 0) is 27.0 Å². The Morgan fingerprint density at radius 1 is 0.935 bits per heavy atom. The second-order valence-corrected chi connectivity index (χ2v) is 14.3. The van der Waals surface area contributed by atoms with Crippen molar-refractivity contribution in [1.82, 2.24) is 15.6 Å². The molecule has 1 aromatic heterocycles. The third-order valence-corrected chi connectivity index (χ3v) is 11.0. The summed E-state index contributed by atoms with van der Waals surface area (Å²) >= 11 is 0. The molecule has 1 aliphatic carbocycles. The number of nitro benzene ring substituents is 1. The summed E-state index contributed by atoms with van der Waals surface area (Å²) in [5.41, 5.74) is 0.781. The highest BCUT2D eigenvalue weighted by molar-refractivity contribution is 7.58. The van der Waals surface area contributed by atoms with Crippen LogP contribution in [0.2, 0.25) is 0 Å². The van der Waals surface area contributed by atoms with Crippen molar-refractivity contribution in [3.05, 3.63) is 112 Å². The number of amides is 2. The number of carboxylic acid groups (broad SMARTS) is 1. The fourth-order valence-electron chi connectivity index (χ4n) is 6.19. The molecular weight excluding hydrogens is 611 g/mol. The number of aromatic amines is 1. The summed E-state index contributed by atoms with van der Waals surface area (Å²) in [5.74, 6) is -3.81. The average Bonchev–Trinajstić information content (AvgIpc) is 3.68. The largest absolute Gasteiger partial charge is 0.480 e. The van der Waals surface area contributed by atoms with Crippen molar-refractivity contribution >= 4 is 41.7 Å². The van der Waals surface area contributed by atoms with Crippen LogP contribution >= 0.6 is 7.37 Å². The molecule has 12 nitrogen and oxygen atoms in total. The molecule has 0 spiro atoms. The molecule has 2 unspecified atom stereocenters. The van der Waals surface area contributed by atoms with Gasteiger partial charge in [-0.1, -0.05) is 61.4 Å². The zero-order valence-corrected chi connectivity index (χ0v) is 25.8. The first-order valence-corrected chi connectivity index (χ1v) is 16.9. The van der Waals surface area contributed by atoms with Gasteiger partial charge in [0.15, 0.2) is 0 Å². The molecule has 5 rings (SSSR count). The number of nitrogens with zero attached hydrogens (tertiary/aromatic N) is 1. The van der Waals surface area contributed by atoms with Gasteiger partial charge in [0.1, 0.15) is 11.8 Å². The number of aliphatic carboxylic acids is 1. The summed E-state index contributed by atoms with van der Waals surface area (Å²) in [6.45, 7) is 0. The van der Waals surface area contributed by atoms with Crippen molar-refractivity contribution in [2.75, 3.05) is 6.16 Å². The van der Waals surface area contributed by atoms with Crippen molar-refractivity contribution in [1.29, 1.82) is 0 Å². The van der Waals surface area contributed by atoms with Crippen LogP contribution in [0.15, 0.2) is 85.1 Å². The molecule has 46 heavy (non-hydrogen) atoms. The number of H-pyrrole nitrogens is 1. The SMILES string of the molecule is O=C(NC(Cc1ccccc1)P(=O)(O)CC1(C(=O)N[C@@H](Cc2c[nH]c3ccccc23)C(=O)O)CCCC1)c1ccc([N+](=O)[O-])cc1. The molecule has 5 N–H and O–H groups in total. The summed E-state index contributed by atoms with van der Waals surface area (Å²) < 4.78 is 14.3. The molecule has 0 saturated heterocycles. The lowest BCUT2D eigenvalue weighted by molar-refractivity contribution is -0.384. The van der Waals surface area contributed by atoms with Gasteiger partial charge in [-0.3, -0.25) is 24.3 Å². The van der Waals surface area contributed by atoms with Gasteiger partial charge in [-0.15, -0.1) is 0 Å². The Labute approximate surface area is 264 Å². The second-order valence-electron chi connectivity index (χ2n) is 11.8. The van der Waals surface area contributed by atoms with Crippen LogP contribution in [0.4, 0.5) is 5.69 Å². The van der Waals surface area contributed by atoms with E-state index in [4.69, 9.17) is 0 Å². The van der Waals surface area contributed by atoms with Gasteiger partial charge >= 0.3 is 5.97 Å². The highest BCUT2D eigenvalue weighted by Gasteiger charge is 2.49. The summed E-state index contributed by atoms with van der Waals surface area (Å²) in [4.78, 5) is 64.7. The summed E-state index contributed by atoms with van der Waals surface area (Å²) in [6, 6.07) is 19.9. The van der Waals surface area contributed by atoms with Gasteiger partial charge in [0.25, 0.3) is 11.6 Å². The van der Waals surface area contributed by atoms with Gasteiger partial charge in [0.2, 0.25) is 13.3 Å². The Bertz CT molecular complexity index is 1780. The third-order valence-electron chi connectivity index (χ3n) is 8.67. The normalized spacial score (nSPS) is 16.6. The first-order valence-electron chi connectivity index (χ1n) is 15.0. The molecule has 0 bridgehead atoms. The number of hydrogen-bond acceptors (Lipinski definition) is 6. The molecule has 13 heteroatoms. The molecule has 2 amide bonds. The maximum atomic E-state index is 14.3. The maximum Gasteiger partial charge on any atom is 0.326 e. The summed E-state index contributed by atoms with van der Waals surface area (Å²) in [5, 5.41) is 27.3. The zero-order chi connectivity index (χ0) is 32.9. The molecule has 1 fully saturated rings. The van der Waals surface area contributed by atoms with Crippen LogP contribution in [0.5, 0.6) is 0 Å². The highest BCUT2D eigenvalue weighted by atomic mass is 31.2. The monoisotopic (exact) mass is 646 g/mol. The third kappa shape index (κ3) is 7.35. The molecule has 3 atom stereocenters. The highest BCUT2D eigenvalue weighted by Crippen LogP contribution is 2.55. The van der Waals surface area contributed by atoms with Crippen molar-refractivity contribution in [3.8, 4) is 0 Å². The van der Waals surface area contributed by atoms with Crippen molar-refractivity contribution in [2.45, 2.75) is 50.3 Å². The number of non-ortho nitro benzene ring substituents is 1. The first-order chi connectivity index (χ1) is 22.0. The molecule has 1 aliphatic rings. The predicted molar refractivity (Wildman–Crippen MR) is 172 cm³/mol. The van der Waals surface area contributed by atoms with Crippen molar-refractivity contribution in [3.63, 3.8) is 0 Å². The fourth-order valence-corrected chi connectivity index (χ4v) is 8.55. The Kier molecular flexibility index (Phi) is 9.69. The zero-order valence-electron chi connectivity index (χ0n) is 24.9. The molecule has 240 valence electrons. The number of benzene rings is 3. The minimum absolute atomic E-state index is 0.0106. The number of aromatic nitrogens is 1. The smallest absolute Gasteiger partial charge is 0.326 e. The van der Waals surface area contributed by atoms with E-state index in [0.29, 0.717) is 24.0 Å². The summed E-state index contributed by atoms with van der Waals surface area (Å²) in [7, 11) is -4.35. The van der Waals surface area contributed by atoms with Gasteiger partial charge in [-0.25, -0.2) is 4.79 Å². The van der Waals surface area contributed by atoms with E-state index in [1.54, 1.807) is 36.5 Å². The van der Waals surface area contributed by atoms with Crippen LogP contribution < -0.4 is 10.6 Å². The Morgan fingerprint density at radius 3 is 2.24 bits per heavy atom. The van der Waals surface area contributed by atoms with Crippen LogP contribution in [0.3, 0.4) is 0 Å². The molecule has 4 aromatic rings. The van der Waals surface area contributed by atoms with Crippen molar-refractivity contribution in [2.24, 2.45) is 5.41 Å². The van der Waals surface area contributed by atoms with E-state index in [1.165, 1.54) is 24.3 Å². The Hall–Kier alpha value is -4.80. The fraction of sp³-hybridized carbons (Fsp3) is 0.303. The minimum atomic E-state index is -4.35. The summed E-state index contributed by atoms with van der Waals surface area (Å²) in [6.07, 6.45) is 3.07. The quantitative estimate of drug-likeness (QED) is 0.0760. The topological polar surface area (TPSA) is 192 Å². The lowest BCUT2D eigenvalue weighted by Crippen LogP contribution is -2.50. The number of rotatable bonds is 13. The molecule has 0 aliphatic heterocycles. The van der Waals surface area contributed by atoms with E-state index in [2.05, 4.69) is 15.6 Å². The van der Waals surface area contributed by atoms with Crippen LogP contribution in [0.1, 0.15) is 47.2 Å². The van der Waals surface area contributed by atoms with Gasteiger partial charge in [0.05, 0.1) is 10.3 Å². The van der Waals surface area contributed by atoms with E-state index in [-0.39, 0.29) is 36.9 Å². The van der Waals surface area contributed by atoms with Gasteiger partial charge in [-0.05, 0) is 42.2 Å². The van der Waals surface area contributed by atoms with Crippen LogP contribution in [0, 0.1) is 15.5 Å². The number of para-hydroxylation sites is 1. The van der Waals surface area contributed by atoms with Crippen LogP contribution in [-0.4, -0.2) is 55.7 Å². The van der Waals surface area contributed by atoms with Gasteiger partial charge < -0.3 is 25.6 Å². The number of hydrogen-bond donors (Lipinski definition) is 5. The van der Waals surface area contributed by atoms with Gasteiger partial charge in [-0.2, -0.15) is 0 Å². The molecule has 1 heterocycles. The molecule has 3 aromatic carbocycles. The van der Waals surface area contributed by atoms with E-state index in [0.717, 1.165) is 10.9 Å². The lowest BCUT2D eigenvalue weighted by Gasteiger charge is -2.34. The number of carbonyl (C=O) groups excluding carboxylic acids is 2. The Balaban J connectivity index is 1.38. The minimum Gasteiger partial charge on any atom is -0.480 e. The average molecular weight is 647 g/mol. The van der Waals surface area contributed by atoms with Crippen molar-refractivity contribution < 1.29 is 33.9 Å². The van der Waals surface area contributed by atoms with Crippen LogP contribution in [0.25, 0.3) is 10.9 Å². The molecule has 1 saturated carbocycles. The number of carbonyl (C=O) groups is 3. The second kappa shape index (κ2) is 13.7. The molecule has 0 radical (unpaired) electrons. The number of nitro groups is 1. The van der Waals surface area contributed by atoms with E-state index >= 15 is 0 Å². The van der Waals surface area contributed by atoms with E-state index < -0.39 is 53.5 Å². The standard InChI is InChI=1S/C33H35N4O8P/c38-30(23-12-14-25(15-13-23)37(42)43)36-29(18-22-8-2-1-3-9-22)46(44,45)21-33(16-6-7-17-33)32(41)35-28(31(39)40)19-24-20-34-27-11-5-4-10-26(24)27/h1-5,8-15,20,28-29,34H,6-7,16-19,21H2,(H,35,41)(H,36,38)(H,39,40)(H,44,45)/t28-,29?/m0/s1. The number of nitrogens with one attached hydrogen (secondary N) is 3. The number of fused-ring (bicyclic) bond motifs is 1. The predicted octanol–water partition coefficient (Wildman–Crippen LogP) is 5.02. The molecular formula is C33H35N4O8P. The van der Waals surface area contributed by atoms with E-state index in [9.17, 15) is 39.1 Å². The number of carboxylic acids is 1. The van der Waals surface area contributed by atoms with Gasteiger partial charge in [0, 0.05) is 53.8 Å². The van der Waals surface area contributed by atoms with E-state index in [1.807, 2.05) is 24.3 Å². The maximum absolute atomic E-state index is 14.3.